The minimum Gasteiger partial charge on any atom is -0.493 e. The fraction of sp³-hybridized carbons (Fsp3) is 0.455. The molecule has 0 bridgehead atoms. The molecule has 1 heterocycles. The summed E-state index contributed by atoms with van der Waals surface area (Å²) in [6, 6.07) is 7.40. The predicted molar refractivity (Wildman–Crippen MR) is 106 cm³/mol. The third-order valence-corrected chi connectivity index (χ3v) is 5.07. The maximum absolute atomic E-state index is 14.3. The summed E-state index contributed by atoms with van der Waals surface area (Å²) in [6.45, 7) is 2.18. The molecule has 1 aliphatic heterocycles. The Morgan fingerprint density at radius 3 is 2.31 bits per heavy atom. The van der Waals surface area contributed by atoms with E-state index in [4.69, 9.17) is 18.9 Å². The third kappa shape index (κ3) is 5.16. The number of hydrogen-bond acceptors (Lipinski definition) is 5. The monoisotopic (exact) mass is 407 g/mol. The number of ether oxygens (including phenoxy) is 4. The molecule has 1 unspecified atom stereocenters. The molecule has 1 fully saturated rings. The second kappa shape index (κ2) is 9.89. The minimum atomic E-state index is -0.585. The van der Waals surface area contributed by atoms with Crippen LogP contribution in [0.15, 0.2) is 30.3 Å². The van der Waals surface area contributed by atoms with E-state index >= 15 is 0 Å². The topological polar surface area (TPSA) is 40.2 Å². The van der Waals surface area contributed by atoms with E-state index in [2.05, 4.69) is 4.90 Å². The van der Waals surface area contributed by atoms with Crippen LogP contribution in [0.3, 0.4) is 0 Å². The van der Waals surface area contributed by atoms with Gasteiger partial charge in [0.1, 0.15) is 11.6 Å². The van der Waals surface area contributed by atoms with E-state index in [0.717, 1.165) is 31.1 Å². The van der Waals surface area contributed by atoms with Gasteiger partial charge in [0.05, 0.1) is 27.4 Å². The second-order valence-corrected chi connectivity index (χ2v) is 7.03. The van der Waals surface area contributed by atoms with Crippen molar-refractivity contribution in [1.29, 1.82) is 0 Å². The Morgan fingerprint density at radius 1 is 0.966 bits per heavy atom. The van der Waals surface area contributed by atoms with Crippen LogP contribution in [0.5, 0.6) is 17.2 Å². The predicted octanol–water partition coefficient (Wildman–Crippen LogP) is 4.17. The first-order chi connectivity index (χ1) is 14.0. The number of benzene rings is 2. The Labute approximate surface area is 170 Å². The molecule has 1 aliphatic rings. The van der Waals surface area contributed by atoms with Crippen LogP contribution in [-0.4, -0.2) is 45.5 Å². The van der Waals surface area contributed by atoms with Crippen molar-refractivity contribution < 1.29 is 27.7 Å². The Hall–Kier alpha value is -2.38. The van der Waals surface area contributed by atoms with E-state index < -0.39 is 11.6 Å². The zero-order valence-electron chi connectivity index (χ0n) is 17.0. The molecule has 7 heteroatoms. The molecular formula is C22H27F2NO4. The molecule has 158 valence electrons. The van der Waals surface area contributed by atoms with Crippen LogP contribution in [0.1, 0.15) is 24.0 Å². The van der Waals surface area contributed by atoms with Crippen molar-refractivity contribution in [3.05, 3.63) is 53.1 Å². The molecule has 1 saturated heterocycles. The highest BCUT2D eigenvalue weighted by Crippen LogP contribution is 2.40. The van der Waals surface area contributed by atoms with Gasteiger partial charge in [0, 0.05) is 43.4 Å². The average Bonchev–Trinajstić information content (AvgIpc) is 3.22. The van der Waals surface area contributed by atoms with E-state index in [0.29, 0.717) is 42.4 Å². The van der Waals surface area contributed by atoms with Gasteiger partial charge in [-0.05, 0) is 25.0 Å². The van der Waals surface area contributed by atoms with Gasteiger partial charge < -0.3 is 18.9 Å². The normalized spacial score (nSPS) is 16.3. The summed E-state index contributed by atoms with van der Waals surface area (Å²) in [6.07, 6.45) is 2.07. The van der Waals surface area contributed by atoms with Gasteiger partial charge in [-0.15, -0.1) is 0 Å². The fourth-order valence-electron chi connectivity index (χ4n) is 3.68. The molecule has 1 atom stereocenters. The van der Waals surface area contributed by atoms with Gasteiger partial charge in [-0.2, -0.15) is 0 Å². The molecule has 0 N–H and O–H groups in total. The first-order valence-corrected chi connectivity index (χ1v) is 9.61. The molecule has 2 aromatic rings. The van der Waals surface area contributed by atoms with Crippen molar-refractivity contribution in [3.63, 3.8) is 0 Å². The maximum atomic E-state index is 14.3. The highest BCUT2D eigenvalue weighted by molar-refractivity contribution is 5.55. The molecular weight excluding hydrogens is 380 g/mol. The van der Waals surface area contributed by atoms with Crippen molar-refractivity contribution >= 4 is 0 Å². The van der Waals surface area contributed by atoms with Crippen molar-refractivity contribution in [2.75, 3.05) is 34.5 Å². The molecule has 0 aromatic heterocycles. The SMILES string of the molecule is COc1ccc(CN(Cc2ccc(F)cc2F)CC2CCCO2)c(OC)c1OC. The number of halogens is 2. The molecule has 0 amide bonds. The van der Waals surface area contributed by atoms with Gasteiger partial charge in [0.25, 0.3) is 0 Å². The first kappa shape index (κ1) is 21.3. The lowest BCUT2D eigenvalue weighted by molar-refractivity contribution is 0.0671. The van der Waals surface area contributed by atoms with Gasteiger partial charge in [-0.1, -0.05) is 12.1 Å². The third-order valence-electron chi connectivity index (χ3n) is 5.07. The smallest absolute Gasteiger partial charge is 0.203 e. The van der Waals surface area contributed by atoms with E-state index in [1.807, 2.05) is 12.1 Å². The first-order valence-electron chi connectivity index (χ1n) is 9.61. The highest BCUT2D eigenvalue weighted by Gasteiger charge is 2.23. The number of methoxy groups -OCH3 is 3. The standard InChI is InChI=1S/C22H27F2NO4/c1-26-20-9-7-16(21(27-2)22(20)28-3)13-25(14-18-5-4-10-29-18)12-15-6-8-17(23)11-19(15)24/h6-9,11,18H,4-5,10,12-14H2,1-3H3. The fourth-order valence-corrected chi connectivity index (χ4v) is 3.68. The van der Waals surface area contributed by atoms with Crippen LogP contribution in [-0.2, 0) is 17.8 Å². The molecule has 2 aromatic carbocycles. The van der Waals surface area contributed by atoms with Gasteiger partial charge in [0.15, 0.2) is 11.5 Å². The lowest BCUT2D eigenvalue weighted by Gasteiger charge is -2.27. The van der Waals surface area contributed by atoms with Gasteiger partial charge in [-0.25, -0.2) is 8.78 Å². The number of hydrogen-bond donors (Lipinski definition) is 0. The Kier molecular flexibility index (Phi) is 7.28. The summed E-state index contributed by atoms with van der Waals surface area (Å²) in [5.41, 5.74) is 1.31. The lowest BCUT2D eigenvalue weighted by atomic mass is 10.1. The van der Waals surface area contributed by atoms with Crippen molar-refractivity contribution in [2.24, 2.45) is 0 Å². The van der Waals surface area contributed by atoms with Gasteiger partial charge in [-0.3, -0.25) is 4.90 Å². The maximum Gasteiger partial charge on any atom is 0.203 e. The number of rotatable bonds is 9. The van der Waals surface area contributed by atoms with Gasteiger partial charge in [0.2, 0.25) is 5.75 Å². The second-order valence-electron chi connectivity index (χ2n) is 7.03. The summed E-state index contributed by atoms with van der Waals surface area (Å²) in [5, 5.41) is 0. The summed E-state index contributed by atoms with van der Waals surface area (Å²) < 4.78 is 49.7. The average molecular weight is 407 g/mol. The van der Waals surface area contributed by atoms with Crippen molar-refractivity contribution in [1.82, 2.24) is 4.90 Å². The van der Waals surface area contributed by atoms with Crippen LogP contribution in [0.4, 0.5) is 8.78 Å². The molecule has 0 saturated carbocycles. The highest BCUT2D eigenvalue weighted by atomic mass is 19.1. The van der Waals surface area contributed by atoms with Crippen LogP contribution in [0.2, 0.25) is 0 Å². The summed E-state index contributed by atoms with van der Waals surface area (Å²) in [5.74, 6) is 0.518. The molecule has 29 heavy (non-hydrogen) atoms. The van der Waals surface area contributed by atoms with Crippen LogP contribution < -0.4 is 14.2 Å². The Morgan fingerprint density at radius 2 is 1.69 bits per heavy atom. The van der Waals surface area contributed by atoms with Crippen molar-refractivity contribution in [3.8, 4) is 17.2 Å². The van der Waals surface area contributed by atoms with E-state index in [9.17, 15) is 8.78 Å². The lowest BCUT2D eigenvalue weighted by Crippen LogP contribution is -2.32. The van der Waals surface area contributed by atoms with E-state index in [1.54, 1.807) is 21.3 Å². The molecule has 0 spiro atoms. The van der Waals surface area contributed by atoms with Crippen LogP contribution in [0, 0.1) is 11.6 Å². The van der Waals surface area contributed by atoms with Crippen LogP contribution in [0.25, 0.3) is 0 Å². The van der Waals surface area contributed by atoms with Gasteiger partial charge >= 0.3 is 0 Å². The minimum absolute atomic E-state index is 0.0876. The Balaban J connectivity index is 1.88. The largest absolute Gasteiger partial charge is 0.493 e. The van der Waals surface area contributed by atoms with E-state index in [-0.39, 0.29) is 6.10 Å². The zero-order chi connectivity index (χ0) is 20.8. The Bertz CT molecular complexity index is 825. The van der Waals surface area contributed by atoms with Crippen molar-refractivity contribution in [2.45, 2.75) is 32.0 Å². The number of nitrogens with zero attached hydrogens (tertiary/aromatic N) is 1. The van der Waals surface area contributed by atoms with E-state index in [1.165, 1.54) is 12.1 Å². The molecule has 0 aliphatic carbocycles. The molecule has 3 rings (SSSR count). The molecule has 5 nitrogen and oxygen atoms in total. The summed E-state index contributed by atoms with van der Waals surface area (Å²) in [7, 11) is 4.70. The summed E-state index contributed by atoms with van der Waals surface area (Å²) >= 11 is 0. The van der Waals surface area contributed by atoms with Crippen LogP contribution >= 0.6 is 0 Å². The quantitative estimate of drug-likeness (QED) is 0.624. The summed E-state index contributed by atoms with van der Waals surface area (Å²) in [4.78, 5) is 2.08. The zero-order valence-corrected chi connectivity index (χ0v) is 17.0. The molecule has 0 radical (unpaired) electrons.